The molecule has 1 heterocycles. The number of benzene rings is 3. The number of aromatic nitrogens is 2. The standard InChI is InChI=1S/C22H17N3OS/c1-27-19-10-9-18(22(23)26)20(21(19)14-5-3-2-4-6-14)15-7-8-16-12-24-25-13-17(16)11-15/h2-13H,1H3,(H2,23,26). The van der Waals surface area contributed by atoms with Gasteiger partial charge in [0, 0.05) is 32.4 Å². The highest BCUT2D eigenvalue weighted by Crippen LogP contribution is 2.41. The molecule has 3 aromatic carbocycles. The Kier molecular flexibility index (Phi) is 4.60. The number of hydrogen-bond acceptors (Lipinski definition) is 4. The second-order valence-corrected chi connectivity index (χ2v) is 6.98. The summed E-state index contributed by atoms with van der Waals surface area (Å²) in [6.07, 6.45) is 5.49. The molecule has 0 aliphatic carbocycles. The van der Waals surface area contributed by atoms with Gasteiger partial charge < -0.3 is 5.73 Å². The molecule has 0 aliphatic rings. The SMILES string of the molecule is CSc1ccc(C(N)=O)c(-c2ccc3cnncc3c2)c1-c1ccccc1. The van der Waals surface area contributed by atoms with Crippen LogP contribution >= 0.6 is 11.8 Å². The van der Waals surface area contributed by atoms with Gasteiger partial charge in [0.15, 0.2) is 0 Å². The predicted molar refractivity (Wildman–Crippen MR) is 111 cm³/mol. The molecule has 0 atom stereocenters. The highest BCUT2D eigenvalue weighted by molar-refractivity contribution is 7.98. The summed E-state index contributed by atoms with van der Waals surface area (Å²) in [6.45, 7) is 0. The Balaban J connectivity index is 2.08. The number of nitrogens with two attached hydrogens (primary N) is 1. The van der Waals surface area contributed by atoms with E-state index < -0.39 is 5.91 Å². The van der Waals surface area contributed by atoms with Crippen molar-refractivity contribution in [3.05, 3.63) is 78.6 Å². The van der Waals surface area contributed by atoms with Gasteiger partial charge in [-0.15, -0.1) is 11.8 Å². The van der Waals surface area contributed by atoms with Crippen LogP contribution in [0.4, 0.5) is 0 Å². The molecule has 0 spiro atoms. The van der Waals surface area contributed by atoms with Gasteiger partial charge in [-0.1, -0.05) is 42.5 Å². The van der Waals surface area contributed by atoms with Crippen molar-refractivity contribution < 1.29 is 4.79 Å². The van der Waals surface area contributed by atoms with E-state index in [1.54, 1.807) is 24.2 Å². The molecule has 2 N–H and O–H groups in total. The van der Waals surface area contributed by atoms with E-state index in [0.717, 1.165) is 37.9 Å². The lowest BCUT2D eigenvalue weighted by Crippen LogP contribution is -2.13. The number of amides is 1. The fourth-order valence-electron chi connectivity index (χ4n) is 3.30. The van der Waals surface area contributed by atoms with E-state index >= 15 is 0 Å². The zero-order valence-corrected chi connectivity index (χ0v) is 15.5. The average molecular weight is 371 g/mol. The zero-order chi connectivity index (χ0) is 18.8. The van der Waals surface area contributed by atoms with Crippen molar-refractivity contribution in [2.45, 2.75) is 4.90 Å². The Labute approximate surface area is 161 Å². The van der Waals surface area contributed by atoms with Crippen molar-refractivity contribution in [2.24, 2.45) is 5.73 Å². The van der Waals surface area contributed by atoms with Crippen LogP contribution in [0.25, 0.3) is 33.0 Å². The topological polar surface area (TPSA) is 68.9 Å². The number of nitrogens with zero attached hydrogens (tertiary/aromatic N) is 2. The first-order chi connectivity index (χ1) is 13.2. The smallest absolute Gasteiger partial charge is 0.249 e. The Bertz CT molecular complexity index is 1140. The molecular weight excluding hydrogens is 354 g/mol. The number of rotatable bonds is 4. The van der Waals surface area contributed by atoms with Gasteiger partial charge in [0.1, 0.15) is 0 Å². The molecule has 27 heavy (non-hydrogen) atoms. The summed E-state index contributed by atoms with van der Waals surface area (Å²) in [5.74, 6) is -0.442. The first-order valence-corrected chi connectivity index (χ1v) is 9.68. The molecule has 1 amide bonds. The van der Waals surface area contributed by atoms with Crippen LogP contribution in [0.2, 0.25) is 0 Å². The van der Waals surface area contributed by atoms with Crippen LogP contribution in [0.5, 0.6) is 0 Å². The van der Waals surface area contributed by atoms with Gasteiger partial charge in [0.25, 0.3) is 0 Å². The lowest BCUT2D eigenvalue weighted by molar-refractivity contribution is 0.100. The van der Waals surface area contributed by atoms with Crippen molar-refractivity contribution in [1.82, 2.24) is 10.2 Å². The lowest BCUT2D eigenvalue weighted by atomic mass is 9.89. The molecule has 5 heteroatoms. The fraction of sp³-hybridized carbons (Fsp3) is 0.0455. The molecule has 1 aromatic heterocycles. The van der Waals surface area contributed by atoms with Crippen molar-refractivity contribution in [3.8, 4) is 22.3 Å². The Morgan fingerprint density at radius 1 is 0.852 bits per heavy atom. The van der Waals surface area contributed by atoms with Gasteiger partial charge >= 0.3 is 0 Å². The monoisotopic (exact) mass is 371 g/mol. The van der Waals surface area contributed by atoms with Gasteiger partial charge in [-0.2, -0.15) is 10.2 Å². The Hall–Kier alpha value is -3.18. The summed E-state index contributed by atoms with van der Waals surface area (Å²) in [5.41, 5.74) is 10.1. The second kappa shape index (κ2) is 7.21. The van der Waals surface area contributed by atoms with Gasteiger partial charge in [0.05, 0.1) is 12.4 Å². The summed E-state index contributed by atoms with van der Waals surface area (Å²) < 4.78 is 0. The summed E-state index contributed by atoms with van der Waals surface area (Å²) >= 11 is 1.65. The molecule has 0 saturated heterocycles. The van der Waals surface area contributed by atoms with Crippen molar-refractivity contribution in [1.29, 1.82) is 0 Å². The summed E-state index contributed by atoms with van der Waals surface area (Å²) in [4.78, 5) is 13.3. The Morgan fingerprint density at radius 2 is 1.59 bits per heavy atom. The third-order valence-electron chi connectivity index (χ3n) is 4.55. The van der Waals surface area contributed by atoms with Gasteiger partial charge in [0.2, 0.25) is 5.91 Å². The van der Waals surface area contributed by atoms with E-state index in [9.17, 15) is 4.79 Å². The largest absolute Gasteiger partial charge is 0.366 e. The van der Waals surface area contributed by atoms with Crippen LogP contribution in [0.15, 0.2) is 78.0 Å². The molecule has 132 valence electrons. The Morgan fingerprint density at radius 3 is 2.30 bits per heavy atom. The number of carbonyl (C=O) groups excluding carboxylic acids is 1. The molecular formula is C22H17N3OS. The van der Waals surface area contributed by atoms with Gasteiger partial charge in [-0.3, -0.25) is 4.79 Å². The minimum absolute atomic E-state index is 0.442. The number of thioether (sulfide) groups is 1. The summed E-state index contributed by atoms with van der Waals surface area (Å²) in [6, 6.07) is 19.9. The normalized spacial score (nSPS) is 10.9. The van der Waals surface area contributed by atoms with Gasteiger partial charge in [-0.25, -0.2) is 0 Å². The van der Waals surface area contributed by atoms with Crippen LogP contribution in [0.3, 0.4) is 0 Å². The number of fused-ring (bicyclic) bond motifs is 1. The maximum Gasteiger partial charge on any atom is 0.249 e. The maximum absolute atomic E-state index is 12.2. The molecule has 0 saturated carbocycles. The minimum Gasteiger partial charge on any atom is -0.366 e. The van der Waals surface area contributed by atoms with E-state index in [4.69, 9.17) is 5.73 Å². The fourth-order valence-corrected chi connectivity index (χ4v) is 3.93. The van der Waals surface area contributed by atoms with E-state index in [1.807, 2.05) is 54.8 Å². The highest BCUT2D eigenvalue weighted by Gasteiger charge is 2.19. The van der Waals surface area contributed by atoms with Crippen LogP contribution in [-0.4, -0.2) is 22.4 Å². The third kappa shape index (κ3) is 3.17. The molecule has 0 fully saturated rings. The first kappa shape index (κ1) is 17.2. The maximum atomic E-state index is 12.2. The second-order valence-electron chi connectivity index (χ2n) is 6.13. The number of hydrogen-bond donors (Lipinski definition) is 1. The van der Waals surface area contributed by atoms with E-state index in [-0.39, 0.29) is 0 Å². The minimum atomic E-state index is -0.442. The van der Waals surface area contributed by atoms with Crippen LogP contribution < -0.4 is 5.73 Å². The summed E-state index contributed by atoms with van der Waals surface area (Å²) in [5, 5.41) is 9.86. The first-order valence-electron chi connectivity index (χ1n) is 8.46. The number of carbonyl (C=O) groups is 1. The van der Waals surface area contributed by atoms with Gasteiger partial charge in [-0.05, 0) is 35.6 Å². The van der Waals surface area contributed by atoms with Crippen LogP contribution in [0.1, 0.15) is 10.4 Å². The van der Waals surface area contributed by atoms with Crippen molar-refractivity contribution in [2.75, 3.05) is 6.26 Å². The molecule has 4 nitrogen and oxygen atoms in total. The molecule has 4 rings (SSSR count). The van der Waals surface area contributed by atoms with E-state index in [2.05, 4.69) is 22.3 Å². The van der Waals surface area contributed by atoms with Crippen molar-refractivity contribution in [3.63, 3.8) is 0 Å². The molecule has 0 unspecified atom stereocenters. The van der Waals surface area contributed by atoms with Crippen LogP contribution in [-0.2, 0) is 0 Å². The zero-order valence-electron chi connectivity index (χ0n) is 14.7. The highest BCUT2D eigenvalue weighted by atomic mass is 32.2. The molecule has 4 aromatic rings. The molecule has 0 aliphatic heterocycles. The number of primary amides is 1. The lowest BCUT2D eigenvalue weighted by Gasteiger charge is -2.18. The van der Waals surface area contributed by atoms with Crippen molar-refractivity contribution >= 4 is 28.4 Å². The quantitative estimate of drug-likeness (QED) is 0.524. The summed E-state index contributed by atoms with van der Waals surface area (Å²) in [7, 11) is 0. The third-order valence-corrected chi connectivity index (χ3v) is 5.33. The predicted octanol–water partition coefficient (Wildman–Crippen LogP) is 4.78. The van der Waals surface area contributed by atoms with E-state index in [1.165, 1.54) is 0 Å². The molecule has 0 bridgehead atoms. The average Bonchev–Trinajstić information content (AvgIpc) is 2.72. The molecule has 0 radical (unpaired) electrons. The van der Waals surface area contributed by atoms with Crippen LogP contribution in [0, 0.1) is 0 Å². The van der Waals surface area contributed by atoms with E-state index in [0.29, 0.717) is 5.56 Å².